The minimum absolute atomic E-state index is 0.161. The van der Waals surface area contributed by atoms with Crippen molar-refractivity contribution in [2.45, 2.75) is 39.0 Å². The predicted molar refractivity (Wildman–Crippen MR) is 62.9 cm³/mol. The Morgan fingerprint density at radius 3 is 3.00 bits per heavy atom. The topological polar surface area (TPSA) is 56.5 Å². The van der Waals surface area contributed by atoms with Crippen molar-refractivity contribution in [3.63, 3.8) is 0 Å². The van der Waals surface area contributed by atoms with Crippen LogP contribution in [0.25, 0.3) is 0 Å². The largest absolute Gasteiger partial charge is 0.493 e. The molecule has 0 spiro atoms. The number of ether oxygens (including phenoxy) is 2. The number of nitrogens with zero attached hydrogens (tertiary/aromatic N) is 2. The summed E-state index contributed by atoms with van der Waals surface area (Å²) in [5.41, 5.74) is 0.716. The quantitative estimate of drug-likeness (QED) is 0.863. The molecule has 1 aromatic heterocycles. The van der Waals surface area contributed by atoms with E-state index < -0.39 is 6.10 Å². The van der Waals surface area contributed by atoms with Crippen LogP contribution in [0.4, 0.5) is 0 Å². The number of aliphatic hydroxyl groups excluding tert-OH is 1. The zero-order valence-electron chi connectivity index (χ0n) is 10.6. The molecular weight excluding hydrogens is 220 g/mol. The Bertz CT molecular complexity index is 356. The molecule has 0 aromatic carbocycles. The van der Waals surface area contributed by atoms with E-state index in [4.69, 9.17) is 9.47 Å². The van der Waals surface area contributed by atoms with Crippen molar-refractivity contribution in [1.82, 2.24) is 9.78 Å². The van der Waals surface area contributed by atoms with Gasteiger partial charge >= 0.3 is 0 Å². The standard InChI is InChI=1S/C12H20N2O3/c1-4-14-10(9(16-3)7-13-14)11(15)12-8(2)5-6-17-12/h7-8,11-12,15H,4-6H2,1-3H3. The highest BCUT2D eigenvalue weighted by Gasteiger charge is 2.35. The summed E-state index contributed by atoms with van der Waals surface area (Å²) in [5.74, 6) is 0.983. The summed E-state index contributed by atoms with van der Waals surface area (Å²) in [6, 6.07) is 0. The van der Waals surface area contributed by atoms with E-state index in [-0.39, 0.29) is 6.10 Å². The molecule has 3 atom stereocenters. The third kappa shape index (κ3) is 2.17. The maximum absolute atomic E-state index is 10.4. The summed E-state index contributed by atoms with van der Waals surface area (Å²) in [5, 5.41) is 14.6. The number of rotatable bonds is 4. The number of hydrogen-bond donors (Lipinski definition) is 1. The smallest absolute Gasteiger partial charge is 0.162 e. The predicted octanol–water partition coefficient (Wildman–Crippen LogP) is 1.37. The Hall–Kier alpha value is -1.07. The molecule has 5 heteroatoms. The van der Waals surface area contributed by atoms with Crippen molar-refractivity contribution in [2.24, 2.45) is 5.92 Å². The van der Waals surface area contributed by atoms with E-state index in [2.05, 4.69) is 12.0 Å². The molecule has 0 saturated carbocycles. The fourth-order valence-electron chi connectivity index (χ4n) is 2.36. The van der Waals surface area contributed by atoms with E-state index in [9.17, 15) is 5.11 Å². The minimum Gasteiger partial charge on any atom is -0.493 e. The summed E-state index contributed by atoms with van der Waals surface area (Å²) in [6.45, 7) is 5.50. The highest BCUT2D eigenvalue weighted by Crippen LogP contribution is 2.35. The van der Waals surface area contributed by atoms with Gasteiger partial charge in [-0.25, -0.2) is 0 Å². The summed E-state index contributed by atoms with van der Waals surface area (Å²) >= 11 is 0. The van der Waals surface area contributed by atoms with E-state index in [1.165, 1.54) is 0 Å². The molecule has 2 heterocycles. The van der Waals surface area contributed by atoms with Crippen molar-refractivity contribution in [3.05, 3.63) is 11.9 Å². The lowest BCUT2D eigenvalue weighted by atomic mass is 9.97. The van der Waals surface area contributed by atoms with E-state index in [0.717, 1.165) is 6.42 Å². The normalized spacial score (nSPS) is 26.1. The molecule has 2 rings (SSSR count). The zero-order chi connectivity index (χ0) is 12.4. The second-order valence-corrected chi connectivity index (χ2v) is 4.46. The van der Waals surface area contributed by atoms with Crippen LogP contribution in [0.3, 0.4) is 0 Å². The molecule has 0 amide bonds. The maximum Gasteiger partial charge on any atom is 0.162 e. The average molecular weight is 240 g/mol. The van der Waals surface area contributed by atoms with Gasteiger partial charge < -0.3 is 14.6 Å². The van der Waals surface area contributed by atoms with Gasteiger partial charge in [0.15, 0.2) is 5.75 Å². The Morgan fingerprint density at radius 1 is 1.71 bits per heavy atom. The highest BCUT2D eigenvalue weighted by atomic mass is 16.5. The third-order valence-electron chi connectivity index (χ3n) is 3.40. The van der Waals surface area contributed by atoms with Crippen LogP contribution < -0.4 is 4.74 Å². The first-order chi connectivity index (χ1) is 8.19. The van der Waals surface area contributed by atoms with Gasteiger partial charge in [-0.05, 0) is 19.3 Å². The Morgan fingerprint density at radius 2 is 2.47 bits per heavy atom. The number of methoxy groups -OCH3 is 1. The van der Waals surface area contributed by atoms with E-state index in [1.54, 1.807) is 18.0 Å². The van der Waals surface area contributed by atoms with Crippen molar-refractivity contribution in [2.75, 3.05) is 13.7 Å². The lowest BCUT2D eigenvalue weighted by Crippen LogP contribution is -2.25. The maximum atomic E-state index is 10.4. The summed E-state index contributed by atoms with van der Waals surface area (Å²) in [6.07, 6.45) is 1.79. The molecule has 1 saturated heterocycles. The molecule has 1 N–H and O–H groups in total. The van der Waals surface area contributed by atoms with Crippen molar-refractivity contribution in [1.29, 1.82) is 0 Å². The van der Waals surface area contributed by atoms with Crippen LogP contribution in [0.15, 0.2) is 6.20 Å². The number of aliphatic hydroxyl groups is 1. The number of aryl methyl sites for hydroxylation is 1. The van der Waals surface area contributed by atoms with Crippen LogP contribution in [0.5, 0.6) is 5.75 Å². The Balaban J connectivity index is 2.28. The van der Waals surface area contributed by atoms with Crippen LogP contribution in [-0.4, -0.2) is 34.7 Å². The van der Waals surface area contributed by atoms with Gasteiger partial charge in [-0.3, -0.25) is 4.68 Å². The van der Waals surface area contributed by atoms with Crippen LogP contribution in [0, 0.1) is 5.92 Å². The molecule has 1 aliphatic rings. The molecule has 0 aliphatic carbocycles. The molecule has 0 radical (unpaired) electrons. The first-order valence-electron chi connectivity index (χ1n) is 6.08. The fraction of sp³-hybridized carbons (Fsp3) is 0.750. The van der Waals surface area contributed by atoms with Gasteiger partial charge in [-0.15, -0.1) is 0 Å². The van der Waals surface area contributed by atoms with E-state index in [0.29, 0.717) is 30.5 Å². The molecule has 17 heavy (non-hydrogen) atoms. The lowest BCUT2D eigenvalue weighted by Gasteiger charge is -2.22. The van der Waals surface area contributed by atoms with Gasteiger partial charge in [-0.2, -0.15) is 5.10 Å². The summed E-state index contributed by atoms with van der Waals surface area (Å²) < 4.78 is 12.6. The second kappa shape index (κ2) is 5.06. The van der Waals surface area contributed by atoms with E-state index >= 15 is 0 Å². The van der Waals surface area contributed by atoms with Crippen LogP contribution in [0.1, 0.15) is 32.1 Å². The first-order valence-corrected chi connectivity index (χ1v) is 6.08. The fourth-order valence-corrected chi connectivity index (χ4v) is 2.36. The van der Waals surface area contributed by atoms with Crippen LogP contribution in [-0.2, 0) is 11.3 Å². The molecule has 1 aliphatic heterocycles. The first kappa shape index (κ1) is 12.4. The summed E-state index contributed by atoms with van der Waals surface area (Å²) in [4.78, 5) is 0. The van der Waals surface area contributed by atoms with E-state index in [1.807, 2.05) is 6.92 Å². The minimum atomic E-state index is -0.676. The van der Waals surface area contributed by atoms with Crippen LogP contribution >= 0.6 is 0 Å². The van der Waals surface area contributed by atoms with Gasteiger partial charge in [0.2, 0.25) is 0 Å². The van der Waals surface area contributed by atoms with Gasteiger partial charge in [-0.1, -0.05) is 6.92 Å². The molecular formula is C12H20N2O3. The third-order valence-corrected chi connectivity index (χ3v) is 3.40. The summed E-state index contributed by atoms with van der Waals surface area (Å²) in [7, 11) is 1.59. The lowest BCUT2D eigenvalue weighted by molar-refractivity contribution is -0.0228. The van der Waals surface area contributed by atoms with Gasteiger partial charge in [0.05, 0.1) is 19.4 Å². The Kier molecular flexibility index (Phi) is 3.69. The molecule has 3 unspecified atom stereocenters. The average Bonchev–Trinajstić information content (AvgIpc) is 2.93. The van der Waals surface area contributed by atoms with Gasteiger partial charge in [0.1, 0.15) is 11.8 Å². The van der Waals surface area contributed by atoms with Crippen molar-refractivity contribution in [3.8, 4) is 5.75 Å². The second-order valence-electron chi connectivity index (χ2n) is 4.46. The molecule has 96 valence electrons. The Labute approximate surface area is 101 Å². The van der Waals surface area contributed by atoms with Crippen molar-refractivity contribution < 1.29 is 14.6 Å². The SMILES string of the molecule is CCn1ncc(OC)c1C(O)C1OCCC1C. The van der Waals surface area contributed by atoms with Gasteiger partial charge in [0, 0.05) is 13.2 Å². The number of hydrogen-bond acceptors (Lipinski definition) is 4. The van der Waals surface area contributed by atoms with Gasteiger partial charge in [0.25, 0.3) is 0 Å². The zero-order valence-corrected chi connectivity index (χ0v) is 10.6. The molecule has 5 nitrogen and oxygen atoms in total. The van der Waals surface area contributed by atoms with Crippen LogP contribution in [0.2, 0.25) is 0 Å². The van der Waals surface area contributed by atoms with Crippen molar-refractivity contribution >= 4 is 0 Å². The highest BCUT2D eigenvalue weighted by molar-refractivity contribution is 5.28. The molecule has 0 bridgehead atoms. The monoisotopic (exact) mass is 240 g/mol. The molecule has 1 fully saturated rings. The number of aromatic nitrogens is 2. The molecule has 1 aromatic rings.